The van der Waals surface area contributed by atoms with Crippen LogP contribution in [0, 0.1) is 0 Å². The lowest BCUT2D eigenvalue weighted by molar-refractivity contribution is 0.544. The average molecular weight is 226 g/mol. The molecule has 1 nitrogen and oxygen atoms in total. The van der Waals surface area contributed by atoms with E-state index < -0.39 is 0 Å². The van der Waals surface area contributed by atoms with Crippen molar-refractivity contribution >= 4 is 11.6 Å². The van der Waals surface area contributed by atoms with Gasteiger partial charge >= 0.3 is 0 Å². The molecule has 1 atom stereocenters. The number of hydrogen-bond acceptors (Lipinski definition) is 1. The van der Waals surface area contributed by atoms with Crippen LogP contribution < -0.4 is 5.32 Å². The molecule has 1 N–H and O–H groups in total. The van der Waals surface area contributed by atoms with Crippen LogP contribution in [0.2, 0.25) is 5.02 Å². The van der Waals surface area contributed by atoms with Crippen molar-refractivity contribution < 1.29 is 0 Å². The zero-order valence-corrected chi connectivity index (χ0v) is 10.3. The van der Waals surface area contributed by atoms with Gasteiger partial charge in [-0.15, -0.1) is 0 Å². The van der Waals surface area contributed by atoms with E-state index in [-0.39, 0.29) is 0 Å². The highest BCUT2D eigenvalue weighted by Crippen LogP contribution is 2.15. The second-order valence-electron chi connectivity index (χ2n) is 3.93. The maximum Gasteiger partial charge on any atom is 0.0406 e. The maximum absolute atomic E-state index is 5.84. The standard InChI is InChI=1S/C13H20ClN/c1-3-4-5-10-15-11(2)12-6-8-13(14)9-7-12/h6-9,11,15H,3-5,10H2,1-2H3. The number of rotatable bonds is 6. The molecule has 0 aliphatic rings. The Morgan fingerprint density at radius 3 is 2.47 bits per heavy atom. The largest absolute Gasteiger partial charge is 0.310 e. The van der Waals surface area contributed by atoms with E-state index in [1.807, 2.05) is 12.1 Å². The molecule has 2 heteroatoms. The van der Waals surface area contributed by atoms with Crippen molar-refractivity contribution in [1.82, 2.24) is 5.32 Å². The van der Waals surface area contributed by atoms with E-state index in [0.717, 1.165) is 11.6 Å². The zero-order chi connectivity index (χ0) is 11.1. The number of unbranched alkanes of at least 4 members (excludes halogenated alkanes) is 2. The van der Waals surface area contributed by atoms with Gasteiger partial charge in [-0.2, -0.15) is 0 Å². The quantitative estimate of drug-likeness (QED) is 0.717. The molecule has 84 valence electrons. The fraction of sp³-hybridized carbons (Fsp3) is 0.538. The molecule has 0 saturated heterocycles. The van der Waals surface area contributed by atoms with Gasteiger partial charge in [0.05, 0.1) is 0 Å². The summed E-state index contributed by atoms with van der Waals surface area (Å²) in [6.45, 7) is 5.51. The van der Waals surface area contributed by atoms with E-state index in [9.17, 15) is 0 Å². The van der Waals surface area contributed by atoms with Gasteiger partial charge in [-0.05, 0) is 37.6 Å². The van der Waals surface area contributed by atoms with Gasteiger partial charge in [-0.25, -0.2) is 0 Å². The molecule has 1 aromatic carbocycles. The first kappa shape index (κ1) is 12.5. The van der Waals surface area contributed by atoms with Crippen molar-refractivity contribution in [1.29, 1.82) is 0 Å². The molecule has 0 saturated carbocycles. The maximum atomic E-state index is 5.84. The van der Waals surface area contributed by atoms with Gasteiger partial charge in [-0.1, -0.05) is 43.5 Å². The van der Waals surface area contributed by atoms with Crippen molar-refractivity contribution in [2.75, 3.05) is 6.54 Å². The highest BCUT2D eigenvalue weighted by Gasteiger charge is 2.03. The summed E-state index contributed by atoms with van der Waals surface area (Å²) in [5.41, 5.74) is 1.30. The minimum absolute atomic E-state index is 0.416. The minimum Gasteiger partial charge on any atom is -0.310 e. The van der Waals surface area contributed by atoms with Crippen molar-refractivity contribution in [2.45, 2.75) is 39.2 Å². The van der Waals surface area contributed by atoms with Gasteiger partial charge in [0.15, 0.2) is 0 Å². The monoisotopic (exact) mass is 225 g/mol. The number of nitrogens with one attached hydrogen (secondary N) is 1. The molecule has 0 radical (unpaired) electrons. The molecule has 0 aliphatic heterocycles. The molecule has 0 spiro atoms. The average Bonchev–Trinajstić information content (AvgIpc) is 2.25. The van der Waals surface area contributed by atoms with Gasteiger partial charge in [0.2, 0.25) is 0 Å². The molecule has 0 aromatic heterocycles. The minimum atomic E-state index is 0.416. The summed E-state index contributed by atoms with van der Waals surface area (Å²) in [5.74, 6) is 0. The van der Waals surface area contributed by atoms with Crippen LogP contribution in [0.1, 0.15) is 44.7 Å². The van der Waals surface area contributed by atoms with Crippen LogP contribution >= 0.6 is 11.6 Å². The van der Waals surface area contributed by atoms with Crippen LogP contribution in [-0.4, -0.2) is 6.54 Å². The summed E-state index contributed by atoms with van der Waals surface area (Å²) in [6, 6.07) is 8.47. The second-order valence-corrected chi connectivity index (χ2v) is 4.37. The molecule has 0 bridgehead atoms. The fourth-order valence-corrected chi connectivity index (χ4v) is 1.69. The van der Waals surface area contributed by atoms with Gasteiger partial charge in [-0.3, -0.25) is 0 Å². The van der Waals surface area contributed by atoms with E-state index >= 15 is 0 Å². The first-order chi connectivity index (χ1) is 7.24. The Morgan fingerprint density at radius 2 is 1.87 bits per heavy atom. The predicted octanol–water partition coefficient (Wildman–Crippen LogP) is 4.18. The van der Waals surface area contributed by atoms with Crippen LogP contribution in [0.15, 0.2) is 24.3 Å². The van der Waals surface area contributed by atoms with E-state index in [1.165, 1.54) is 24.8 Å². The summed E-state index contributed by atoms with van der Waals surface area (Å²) in [4.78, 5) is 0. The third-order valence-corrected chi connectivity index (χ3v) is 2.85. The highest BCUT2D eigenvalue weighted by molar-refractivity contribution is 6.30. The van der Waals surface area contributed by atoms with E-state index in [2.05, 4.69) is 31.3 Å². The topological polar surface area (TPSA) is 12.0 Å². The van der Waals surface area contributed by atoms with Crippen LogP contribution in [0.3, 0.4) is 0 Å². The third kappa shape index (κ3) is 4.67. The van der Waals surface area contributed by atoms with E-state index in [4.69, 9.17) is 11.6 Å². The Kier molecular flexibility index (Phi) is 5.74. The lowest BCUT2D eigenvalue weighted by Crippen LogP contribution is -2.19. The molecule has 0 fully saturated rings. The second kappa shape index (κ2) is 6.86. The molecule has 1 rings (SSSR count). The summed E-state index contributed by atoms with van der Waals surface area (Å²) in [6.07, 6.45) is 3.84. The van der Waals surface area contributed by atoms with Crippen molar-refractivity contribution in [3.05, 3.63) is 34.9 Å². The molecular formula is C13H20ClN. The van der Waals surface area contributed by atoms with Crippen LogP contribution in [0.5, 0.6) is 0 Å². The Labute approximate surface area is 97.8 Å². The zero-order valence-electron chi connectivity index (χ0n) is 9.59. The summed E-state index contributed by atoms with van der Waals surface area (Å²) in [5, 5.41) is 4.31. The Hall–Kier alpha value is -0.530. The molecule has 1 unspecified atom stereocenters. The van der Waals surface area contributed by atoms with Gasteiger partial charge in [0, 0.05) is 11.1 Å². The molecule has 1 aromatic rings. The number of halogens is 1. The van der Waals surface area contributed by atoms with Crippen LogP contribution in [-0.2, 0) is 0 Å². The lowest BCUT2D eigenvalue weighted by Gasteiger charge is -2.14. The highest BCUT2D eigenvalue weighted by atomic mass is 35.5. The Bertz CT molecular complexity index is 268. The van der Waals surface area contributed by atoms with E-state index in [0.29, 0.717) is 6.04 Å². The summed E-state index contributed by atoms with van der Waals surface area (Å²) < 4.78 is 0. The summed E-state index contributed by atoms with van der Waals surface area (Å²) in [7, 11) is 0. The smallest absolute Gasteiger partial charge is 0.0406 e. The van der Waals surface area contributed by atoms with Crippen molar-refractivity contribution in [3.8, 4) is 0 Å². The lowest BCUT2D eigenvalue weighted by atomic mass is 10.1. The number of hydrogen-bond donors (Lipinski definition) is 1. The van der Waals surface area contributed by atoms with E-state index in [1.54, 1.807) is 0 Å². The first-order valence-corrected chi connectivity index (χ1v) is 6.10. The van der Waals surface area contributed by atoms with Crippen LogP contribution in [0.25, 0.3) is 0 Å². The fourth-order valence-electron chi connectivity index (χ4n) is 1.56. The number of benzene rings is 1. The van der Waals surface area contributed by atoms with Crippen molar-refractivity contribution in [3.63, 3.8) is 0 Å². The van der Waals surface area contributed by atoms with Gasteiger partial charge in [0.1, 0.15) is 0 Å². The molecule has 15 heavy (non-hydrogen) atoms. The van der Waals surface area contributed by atoms with Gasteiger partial charge < -0.3 is 5.32 Å². The Morgan fingerprint density at radius 1 is 1.20 bits per heavy atom. The van der Waals surface area contributed by atoms with Crippen molar-refractivity contribution in [2.24, 2.45) is 0 Å². The molecule has 0 amide bonds. The molecule has 0 heterocycles. The SMILES string of the molecule is CCCCCNC(C)c1ccc(Cl)cc1. The van der Waals surface area contributed by atoms with Crippen LogP contribution in [0.4, 0.5) is 0 Å². The third-order valence-electron chi connectivity index (χ3n) is 2.60. The molecular weight excluding hydrogens is 206 g/mol. The summed E-state index contributed by atoms with van der Waals surface area (Å²) >= 11 is 5.84. The Balaban J connectivity index is 2.33. The predicted molar refractivity (Wildman–Crippen MR) is 67.4 cm³/mol. The normalized spacial score (nSPS) is 12.7. The first-order valence-electron chi connectivity index (χ1n) is 5.73. The van der Waals surface area contributed by atoms with Gasteiger partial charge in [0.25, 0.3) is 0 Å². The molecule has 0 aliphatic carbocycles.